The van der Waals surface area contributed by atoms with Crippen molar-refractivity contribution in [3.63, 3.8) is 0 Å². The lowest BCUT2D eigenvalue weighted by Crippen LogP contribution is -2.12. The normalized spacial score (nSPS) is 13.8. The molecule has 1 fully saturated rings. The van der Waals surface area contributed by atoms with Crippen LogP contribution in [0.5, 0.6) is 5.88 Å². The maximum atomic E-state index is 13.8. The number of ether oxygens (including phenoxy) is 1. The molecule has 5 rings (SSSR count). The first kappa shape index (κ1) is 16.8. The molecule has 0 bridgehead atoms. The Hall–Kier alpha value is -3.34. The van der Waals surface area contributed by atoms with Crippen molar-refractivity contribution in [3.8, 4) is 23.0 Å². The zero-order valence-corrected chi connectivity index (χ0v) is 15.5. The number of aromatic nitrogens is 6. The third kappa shape index (κ3) is 2.80. The van der Waals surface area contributed by atoms with E-state index in [9.17, 15) is 9.18 Å². The molecule has 1 aliphatic rings. The molecule has 4 heterocycles. The SMILES string of the molecule is COc1ncc(F)cc1-c1cncn1-c1n[nH]c2nc(NC(=O)C3CC3)sc12. The van der Waals surface area contributed by atoms with Crippen LogP contribution in [0.3, 0.4) is 0 Å². The Kier molecular flexibility index (Phi) is 3.83. The predicted octanol–water partition coefficient (Wildman–Crippen LogP) is 2.76. The lowest BCUT2D eigenvalue weighted by Gasteiger charge is -2.09. The van der Waals surface area contributed by atoms with Crippen LogP contribution in [0.25, 0.3) is 27.4 Å². The van der Waals surface area contributed by atoms with Crippen molar-refractivity contribution in [1.29, 1.82) is 0 Å². The molecule has 28 heavy (non-hydrogen) atoms. The van der Waals surface area contributed by atoms with Crippen molar-refractivity contribution in [2.75, 3.05) is 12.4 Å². The number of hydrogen-bond donors (Lipinski definition) is 2. The highest BCUT2D eigenvalue weighted by molar-refractivity contribution is 7.22. The number of rotatable bonds is 5. The van der Waals surface area contributed by atoms with Gasteiger partial charge in [0.2, 0.25) is 11.8 Å². The Labute approximate surface area is 161 Å². The van der Waals surface area contributed by atoms with Crippen LogP contribution >= 0.6 is 11.3 Å². The summed E-state index contributed by atoms with van der Waals surface area (Å²) in [7, 11) is 1.47. The third-order valence-electron chi connectivity index (χ3n) is 4.43. The van der Waals surface area contributed by atoms with Crippen molar-refractivity contribution < 1.29 is 13.9 Å². The Morgan fingerprint density at radius 2 is 2.29 bits per heavy atom. The largest absolute Gasteiger partial charge is 0.481 e. The van der Waals surface area contributed by atoms with Crippen molar-refractivity contribution in [1.82, 2.24) is 29.7 Å². The van der Waals surface area contributed by atoms with E-state index in [2.05, 4.69) is 30.5 Å². The van der Waals surface area contributed by atoms with E-state index in [1.807, 2.05) is 0 Å². The van der Waals surface area contributed by atoms with Crippen LogP contribution in [0, 0.1) is 11.7 Å². The van der Waals surface area contributed by atoms with Crippen molar-refractivity contribution in [3.05, 3.63) is 30.6 Å². The minimum Gasteiger partial charge on any atom is -0.481 e. The van der Waals surface area contributed by atoms with Crippen molar-refractivity contribution in [2.45, 2.75) is 12.8 Å². The van der Waals surface area contributed by atoms with Crippen LogP contribution in [0.15, 0.2) is 24.8 Å². The van der Waals surface area contributed by atoms with E-state index in [0.717, 1.165) is 23.7 Å². The third-order valence-corrected chi connectivity index (χ3v) is 5.40. The molecule has 4 aromatic rings. The maximum Gasteiger partial charge on any atom is 0.229 e. The second-order valence-corrected chi connectivity index (χ2v) is 7.37. The molecular weight excluding hydrogens is 385 g/mol. The van der Waals surface area contributed by atoms with Gasteiger partial charge < -0.3 is 10.1 Å². The molecule has 1 aliphatic carbocycles. The van der Waals surface area contributed by atoms with Gasteiger partial charge in [0.05, 0.1) is 30.8 Å². The molecule has 0 unspecified atom stereocenters. The van der Waals surface area contributed by atoms with Gasteiger partial charge in [0.15, 0.2) is 16.6 Å². The number of methoxy groups -OCH3 is 1. The number of anilines is 1. The minimum absolute atomic E-state index is 0.00944. The Morgan fingerprint density at radius 1 is 1.43 bits per heavy atom. The quantitative estimate of drug-likeness (QED) is 0.534. The van der Waals surface area contributed by atoms with E-state index in [0.29, 0.717) is 27.9 Å². The smallest absolute Gasteiger partial charge is 0.229 e. The molecule has 0 aromatic carbocycles. The first-order valence-corrected chi connectivity index (χ1v) is 9.34. The zero-order valence-electron chi connectivity index (χ0n) is 14.6. The topological polar surface area (TPSA) is 111 Å². The summed E-state index contributed by atoms with van der Waals surface area (Å²) in [4.78, 5) is 24.5. The fourth-order valence-electron chi connectivity index (χ4n) is 2.91. The molecule has 2 N–H and O–H groups in total. The zero-order chi connectivity index (χ0) is 19.3. The Balaban J connectivity index is 1.57. The number of nitrogens with zero attached hydrogens (tertiary/aromatic N) is 5. The standard InChI is InChI=1S/C17H14FN7O2S/c1-27-16-10(4-9(18)5-20-16)11-6-19-7-25(11)14-12-13(23-24-14)21-17(28-12)22-15(26)8-2-3-8/h4-8H,2-3H2,1H3,(H2,21,22,23,24,26). The van der Waals surface area contributed by atoms with Gasteiger partial charge in [0.1, 0.15) is 16.8 Å². The number of amides is 1. The first-order chi connectivity index (χ1) is 13.6. The predicted molar refractivity (Wildman–Crippen MR) is 100.0 cm³/mol. The van der Waals surface area contributed by atoms with E-state index < -0.39 is 5.82 Å². The fraction of sp³-hybridized carbons (Fsp3) is 0.235. The van der Waals surface area contributed by atoms with E-state index in [1.165, 1.54) is 24.5 Å². The summed E-state index contributed by atoms with van der Waals surface area (Å²) in [5.74, 6) is 0.409. The van der Waals surface area contributed by atoms with E-state index in [-0.39, 0.29) is 17.7 Å². The number of imidazole rings is 1. The molecule has 0 spiro atoms. The molecule has 142 valence electrons. The number of aromatic amines is 1. The summed E-state index contributed by atoms with van der Waals surface area (Å²) < 4.78 is 21.5. The van der Waals surface area contributed by atoms with Gasteiger partial charge in [0.25, 0.3) is 0 Å². The van der Waals surface area contributed by atoms with E-state index in [1.54, 1.807) is 17.1 Å². The van der Waals surface area contributed by atoms with Crippen LogP contribution in [0.2, 0.25) is 0 Å². The number of carbonyl (C=O) groups is 1. The molecule has 0 radical (unpaired) electrons. The first-order valence-electron chi connectivity index (χ1n) is 8.52. The van der Waals surface area contributed by atoms with Gasteiger partial charge in [-0.15, -0.1) is 0 Å². The molecule has 0 saturated heterocycles. The van der Waals surface area contributed by atoms with Gasteiger partial charge in [-0.3, -0.25) is 14.5 Å². The van der Waals surface area contributed by atoms with Gasteiger partial charge in [-0.2, -0.15) is 5.10 Å². The van der Waals surface area contributed by atoms with Crippen LogP contribution in [0.4, 0.5) is 9.52 Å². The highest BCUT2D eigenvalue weighted by Gasteiger charge is 2.30. The number of thiazole rings is 1. The molecular formula is C17H14FN7O2S. The molecule has 1 amide bonds. The van der Waals surface area contributed by atoms with Crippen molar-refractivity contribution in [2.24, 2.45) is 5.92 Å². The number of pyridine rings is 1. The summed E-state index contributed by atoms with van der Waals surface area (Å²) in [5.41, 5.74) is 1.56. The molecule has 9 nitrogen and oxygen atoms in total. The molecule has 11 heteroatoms. The number of halogens is 1. The molecule has 4 aromatic heterocycles. The summed E-state index contributed by atoms with van der Waals surface area (Å²) in [6, 6.07) is 1.33. The second-order valence-electron chi connectivity index (χ2n) is 6.37. The number of carbonyl (C=O) groups excluding carboxylic acids is 1. The van der Waals surface area contributed by atoms with Gasteiger partial charge >= 0.3 is 0 Å². The molecule has 0 atom stereocenters. The highest BCUT2D eigenvalue weighted by Crippen LogP contribution is 2.35. The summed E-state index contributed by atoms with van der Waals surface area (Å²) in [5, 5.41) is 10.5. The van der Waals surface area contributed by atoms with Crippen LogP contribution in [-0.4, -0.2) is 42.7 Å². The molecule has 0 aliphatic heterocycles. The van der Waals surface area contributed by atoms with E-state index in [4.69, 9.17) is 4.74 Å². The average molecular weight is 399 g/mol. The van der Waals surface area contributed by atoms with Gasteiger partial charge in [-0.1, -0.05) is 11.3 Å². The number of fused-ring (bicyclic) bond motifs is 1. The van der Waals surface area contributed by atoms with Crippen molar-refractivity contribution >= 4 is 32.7 Å². The summed E-state index contributed by atoms with van der Waals surface area (Å²) in [6.45, 7) is 0. The van der Waals surface area contributed by atoms with Crippen LogP contribution in [0.1, 0.15) is 12.8 Å². The second kappa shape index (κ2) is 6.37. The average Bonchev–Trinajstić information content (AvgIpc) is 3.12. The van der Waals surface area contributed by atoms with Crippen LogP contribution in [-0.2, 0) is 4.79 Å². The van der Waals surface area contributed by atoms with Gasteiger partial charge in [-0.05, 0) is 18.9 Å². The summed E-state index contributed by atoms with van der Waals surface area (Å²) in [6.07, 6.45) is 6.08. The number of nitrogens with one attached hydrogen (secondary N) is 2. The Morgan fingerprint density at radius 3 is 3.07 bits per heavy atom. The Bertz CT molecular complexity index is 1190. The summed E-state index contributed by atoms with van der Waals surface area (Å²) >= 11 is 1.31. The number of hydrogen-bond acceptors (Lipinski definition) is 7. The highest BCUT2D eigenvalue weighted by atomic mass is 32.1. The monoisotopic (exact) mass is 399 g/mol. The lowest BCUT2D eigenvalue weighted by atomic mass is 10.2. The maximum absolute atomic E-state index is 13.8. The van der Waals surface area contributed by atoms with Crippen LogP contribution < -0.4 is 10.1 Å². The number of H-pyrrole nitrogens is 1. The molecule has 1 saturated carbocycles. The van der Waals surface area contributed by atoms with Gasteiger partial charge in [-0.25, -0.2) is 19.3 Å². The fourth-order valence-corrected chi connectivity index (χ4v) is 3.81. The minimum atomic E-state index is -0.487. The lowest BCUT2D eigenvalue weighted by molar-refractivity contribution is -0.117. The van der Waals surface area contributed by atoms with Gasteiger partial charge in [0, 0.05) is 5.92 Å². The van der Waals surface area contributed by atoms with E-state index >= 15 is 0 Å².